The molecule has 0 radical (unpaired) electrons. The molecule has 4 rings (SSSR count). The fourth-order valence-corrected chi connectivity index (χ4v) is 5.12. The lowest BCUT2D eigenvalue weighted by Crippen LogP contribution is -2.63. The minimum atomic E-state index is -0.361. The molecule has 4 atom stereocenters. The van der Waals surface area contributed by atoms with Gasteiger partial charge in [0.1, 0.15) is 11.9 Å². The van der Waals surface area contributed by atoms with E-state index in [4.69, 9.17) is 0 Å². The van der Waals surface area contributed by atoms with Gasteiger partial charge in [0.25, 0.3) is 0 Å². The van der Waals surface area contributed by atoms with Crippen LogP contribution in [0.25, 0.3) is 0 Å². The Hall–Kier alpha value is -1.91. The molecule has 2 amide bonds. The molecule has 0 bridgehead atoms. The summed E-state index contributed by atoms with van der Waals surface area (Å²) in [6, 6.07) is 6.21. The molecule has 28 heavy (non-hydrogen) atoms. The molecule has 1 aromatic rings. The average Bonchev–Trinajstić information content (AvgIpc) is 3.26. The average molecular weight is 387 g/mol. The van der Waals surface area contributed by atoms with E-state index in [-0.39, 0.29) is 41.6 Å². The van der Waals surface area contributed by atoms with Crippen molar-refractivity contribution in [1.82, 2.24) is 10.2 Å². The summed E-state index contributed by atoms with van der Waals surface area (Å²) in [6.45, 7) is 4.83. The van der Waals surface area contributed by atoms with E-state index in [0.29, 0.717) is 24.8 Å². The first-order valence-corrected chi connectivity index (χ1v) is 10.8. The molecule has 1 aliphatic heterocycles. The number of amides is 2. The second kappa shape index (κ2) is 7.84. The maximum Gasteiger partial charge on any atom is 0.243 e. The van der Waals surface area contributed by atoms with Crippen LogP contribution in [0.3, 0.4) is 0 Å². The summed E-state index contributed by atoms with van der Waals surface area (Å²) in [5, 5.41) is 3.23. The van der Waals surface area contributed by atoms with Crippen LogP contribution in [-0.2, 0) is 9.59 Å². The van der Waals surface area contributed by atoms with Crippen molar-refractivity contribution in [1.29, 1.82) is 0 Å². The third-order valence-electron chi connectivity index (χ3n) is 6.75. The summed E-state index contributed by atoms with van der Waals surface area (Å²) >= 11 is 0. The molecule has 3 aliphatic rings. The third-order valence-corrected chi connectivity index (χ3v) is 6.75. The Balaban J connectivity index is 1.50. The summed E-state index contributed by atoms with van der Waals surface area (Å²) < 4.78 is 13.2. The highest BCUT2D eigenvalue weighted by Gasteiger charge is 2.50. The monoisotopic (exact) mass is 386 g/mol. The van der Waals surface area contributed by atoms with Crippen molar-refractivity contribution < 1.29 is 14.0 Å². The molecule has 4 nitrogen and oxygen atoms in total. The van der Waals surface area contributed by atoms with E-state index in [1.807, 2.05) is 4.90 Å². The quantitative estimate of drug-likeness (QED) is 0.835. The molecule has 2 aliphatic carbocycles. The minimum absolute atomic E-state index is 0.0178. The van der Waals surface area contributed by atoms with Crippen LogP contribution in [0.5, 0.6) is 0 Å². The normalized spacial score (nSPS) is 30.6. The first kappa shape index (κ1) is 19.4. The van der Waals surface area contributed by atoms with E-state index in [1.54, 1.807) is 12.1 Å². The fraction of sp³-hybridized carbons (Fsp3) is 0.652. The largest absolute Gasteiger partial charge is 0.350 e. The number of carbonyl (C=O) groups is 2. The van der Waals surface area contributed by atoms with Crippen molar-refractivity contribution in [2.75, 3.05) is 6.54 Å². The number of nitrogens with zero attached hydrogens (tertiary/aromatic N) is 1. The van der Waals surface area contributed by atoms with E-state index >= 15 is 0 Å². The molecule has 1 N–H and O–H groups in total. The molecule has 1 saturated heterocycles. The van der Waals surface area contributed by atoms with E-state index < -0.39 is 0 Å². The zero-order valence-corrected chi connectivity index (χ0v) is 16.9. The first-order valence-electron chi connectivity index (χ1n) is 10.8. The van der Waals surface area contributed by atoms with Gasteiger partial charge in [0.05, 0.1) is 0 Å². The van der Waals surface area contributed by atoms with Crippen LogP contribution in [0.1, 0.15) is 63.9 Å². The molecule has 1 aromatic carbocycles. The van der Waals surface area contributed by atoms with Gasteiger partial charge < -0.3 is 10.2 Å². The molecule has 0 aromatic heterocycles. The summed E-state index contributed by atoms with van der Waals surface area (Å²) in [5.74, 6) is 0.795. The lowest BCUT2D eigenvalue weighted by atomic mass is 9.91. The van der Waals surface area contributed by atoms with E-state index in [2.05, 4.69) is 19.2 Å². The molecule has 0 unspecified atom stereocenters. The Morgan fingerprint density at radius 2 is 1.89 bits per heavy atom. The number of nitrogens with one attached hydrogen (secondary N) is 1. The fourth-order valence-electron chi connectivity index (χ4n) is 5.12. The van der Waals surface area contributed by atoms with Gasteiger partial charge in [-0.1, -0.05) is 38.8 Å². The van der Waals surface area contributed by atoms with Crippen molar-refractivity contribution in [3.05, 3.63) is 35.6 Å². The van der Waals surface area contributed by atoms with Crippen molar-refractivity contribution in [3.8, 4) is 0 Å². The number of benzene rings is 1. The SMILES string of the molecule is CC(C)C[C@H]1C(=O)N[C@@H](C2CCCC2)CN1C(=O)[C@@H]1C[C@H]1c1ccc(F)cc1. The lowest BCUT2D eigenvalue weighted by Gasteiger charge is -2.42. The van der Waals surface area contributed by atoms with Gasteiger partial charge in [0.2, 0.25) is 11.8 Å². The lowest BCUT2D eigenvalue weighted by molar-refractivity contribution is -0.147. The maximum absolute atomic E-state index is 13.4. The Labute approximate surface area is 166 Å². The number of hydrogen-bond acceptors (Lipinski definition) is 2. The number of rotatable bonds is 5. The van der Waals surface area contributed by atoms with Gasteiger partial charge in [-0.2, -0.15) is 0 Å². The van der Waals surface area contributed by atoms with Gasteiger partial charge in [-0.05, 0) is 61.1 Å². The van der Waals surface area contributed by atoms with Gasteiger partial charge in [-0.3, -0.25) is 9.59 Å². The number of carbonyl (C=O) groups excluding carboxylic acids is 2. The van der Waals surface area contributed by atoms with Crippen molar-refractivity contribution in [2.45, 2.75) is 70.4 Å². The van der Waals surface area contributed by atoms with E-state index in [9.17, 15) is 14.0 Å². The van der Waals surface area contributed by atoms with Crippen LogP contribution in [0.2, 0.25) is 0 Å². The number of hydrogen-bond donors (Lipinski definition) is 1. The van der Waals surface area contributed by atoms with Crippen molar-refractivity contribution in [3.63, 3.8) is 0 Å². The topological polar surface area (TPSA) is 49.4 Å². The van der Waals surface area contributed by atoms with Crippen LogP contribution in [0.15, 0.2) is 24.3 Å². The summed E-state index contributed by atoms with van der Waals surface area (Å²) in [6.07, 6.45) is 6.21. The highest BCUT2D eigenvalue weighted by atomic mass is 19.1. The van der Waals surface area contributed by atoms with Gasteiger partial charge in [0.15, 0.2) is 0 Å². The van der Waals surface area contributed by atoms with Crippen molar-refractivity contribution in [2.24, 2.45) is 17.8 Å². The molecule has 3 fully saturated rings. The van der Waals surface area contributed by atoms with Crippen LogP contribution in [-0.4, -0.2) is 35.3 Å². The molecule has 152 valence electrons. The van der Waals surface area contributed by atoms with Gasteiger partial charge in [-0.15, -0.1) is 0 Å². The van der Waals surface area contributed by atoms with Crippen molar-refractivity contribution >= 4 is 11.8 Å². The molecule has 1 heterocycles. The third kappa shape index (κ3) is 3.94. The zero-order chi connectivity index (χ0) is 19.8. The van der Waals surface area contributed by atoms with Crippen LogP contribution in [0, 0.1) is 23.6 Å². The second-order valence-electron chi connectivity index (χ2n) is 9.30. The number of halogens is 1. The smallest absolute Gasteiger partial charge is 0.243 e. The van der Waals surface area contributed by atoms with Gasteiger partial charge in [-0.25, -0.2) is 4.39 Å². The Kier molecular flexibility index (Phi) is 5.44. The highest BCUT2D eigenvalue weighted by molar-refractivity contribution is 5.91. The number of piperazine rings is 1. The first-order chi connectivity index (χ1) is 13.4. The molecular formula is C23H31FN2O2. The highest BCUT2D eigenvalue weighted by Crippen LogP contribution is 2.49. The summed E-state index contributed by atoms with van der Waals surface area (Å²) in [5.41, 5.74) is 1.02. The maximum atomic E-state index is 13.4. The van der Waals surface area contributed by atoms with Gasteiger partial charge in [0, 0.05) is 18.5 Å². The summed E-state index contributed by atoms with van der Waals surface area (Å²) in [7, 11) is 0. The molecule has 0 spiro atoms. The predicted octanol–water partition coefficient (Wildman–Crippen LogP) is 3.86. The summed E-state index contributed by atoms with van der Waals surface area (Å²) in [4.78, 5) is 28.2. The predicted molar refractivity (Wildman–Crippen MR) is 106 cm³/mol. The minimum Gasteiger partial charge on any atom is -0.350 e. The van der Waals surface area contributed by atoms with E-state index in [0.717, 1.165) is 24.8 Å². The van der Waals surface area contributed by atoms with Crippen LogP contribution < -0.4 is 5.32 Å². The standard InChI is InChI=1S/C23H31FN2O2/c1-14(2)11-21-22(27)25-20(16-5-3-4-6-16)13-26(21)23(28)19-12-18(19)15-7-9-17(24)10-8-15/h7-10,14,16,18-21H,3-6,11-13H2,1-2H3,(H,25,27)/t18-,19+,20+,21-/m0/s1. The zero-order valence-electron chi connectivity index (χ0n) is 16.9. The second-order valence-corrected chi connectivity index (χ2v) is 9.30. The Bertz CT molecular complexity index is 727. The van der Waals surface area contributed by atoms with Crippen LogP contribution >= 0.6 is 0 Å². The molecule has 2 saturated carbocycles. The van der Waals surface area contributed by atoms with E-state index in [1.165, 1.54) is 25.0 Å². The van der Waals surface area contributed by atoms with Crippen LogP contribution in [0.4, 0.5) is 4.39 Å². The molecule has 5 heteroatoms. The molecular weight excluding hydrogens is 355 g/mol. The Morgan fingerprint density at radius 3 is 2.54 bits per heavy atom. The van der Waals surface area contributed by atoms with Gasteiger partial charge >= 0.3 is 0 Å². The Morgan fingerprint density at radius 1 is 1.21 bits per heavy atom.